The van der Waals surface area contributed by atoms with Gasteiger partial charge in [0.05, 0.1) is 11.4 Å². The molecule has 0 saturated heterocycles. The predicted octanol–water partition coefficient (Wildman–Crippen LogP) is 1.35. The van der Waals surface area contributed by atoms with Crippen LogP contribution in [-0.4, -0.2) is 39.9 Å². The second-order valence-electron chi connectivity index (χ2n) is 5.89. The van der Waals surface area contributed by atoms with E-state index in [1.54, 1.807) is 38.4 Å². The van der Waals surface area contributed by atoms with Gasteiger partial charge in [0.25, 0.3) is 0 Å². The summed E-state index contributed by atoms with van der Waals surface area (Å²) in [5, 5.41) is 0. The van der Waals surface area contributed by atoms with Crippen LogP contribution in [0.2, 0.25) is 0 Å². The first-order valence-corrected chi connectivity index (χ1v) is 7.83. The number of nitrogens with one attached hydrogen (secondary N) is 1. The molecular formula is C14H22N2O3S. The molecule has 0 radical (unpaired) electrons. The summed E-state index contributed by atoms with van der Waals surface area (Å²) in [4.78, 5) is 12.9. The van der Waals surface area contributed by atoms with Crippen LogP contribution in [0.3, 0.4) is 0 Å². The third kappa shape index (κ3) is 4.31. The molecule has 20 heavy (non-hydrogen) atoms. The van der Waals surface area contributed by atoms with Crippen LogP contribution < -0.4 is 4.72 Å². The largest absolute Gasteiger partial charge is 0.348 e. The lowest BCUT2D eigenvalue weighted by atomic mass is 9.87. The number of carbonyl (C=O) groups excluding carboxylic acids is 1. The monoisotopic (exact) mass is 298 g/mol. The standard InChI is InChI=1S/C14H22N2O3S/c1-14(2,3)11-6-8-12(9-7-11)20(18,19)15-10-13(17)16(4)5/h6-9,15H,10H2,1-5H3. The van der Waals surface area contributed by atoms with Gasteiger partial charge in [0, 0.05) is 14.1 Å². The summed E-state index contributed by atoms with van der Waals surface area (Å²) in [7, 11) is -0.492. The smallest absolute Gasteiger partial charge is 0.241 e. The summed E-state index contributed by atoms with van der Waals surface area (Å²) in [6.45, 7) is 5.94. The van der Waals surface area contributed by atoms with E-state index in [2.05, 4.69) is 25.5 Å². The fourth-order valence-corrected chi connectivity index (χ4v) is 2.51. The number of benzene rings is 1. The molecule has 0 aliphatic rings. The summed E-state index contributed by atoms with van der Waals surface area (Å²) in [5.74, 6) is -0.292. The van der Waals surface area contributed by atoms with Crippen molar-refractivity contribution in [1.29, 1.82) is 0 Å². The lowest BCUT2D eigenvalue weighted by molar-refractivity contribution is -0.127. The number of carbonyl (C=O) groups is 1. The van der Waals surface area contributed by atoms with Crippen LogP contribution in [0.1, 0.15) is 26.3 Å². The van der Waals surface area contributed by atoms with E-state index in [1.807, 2.05) is 0 Å². The van der Waals surface area contributed by atoms with Gasteiger partial charge in [-0.25, -0.2) is 13.1 Å². The molecule has 0 heterocycles. The van der Waals surface area contributed by atoms with E-state index < -0.39 is 10.0 Å². The van der Waals surface area contributed by atoms with E-state index in [0.29, 0.717) is 0 Å². The van der Waals surface area contributed by atoms with Gasteiger partial charge in [0.1, 0.15) is 0 Å². The Bertz CT molecular complexity index is 569. The summed E-state index contributed by atoms with van der Waals surface area (Å²) in [5.41, 5.74) is 1.03. The number of hydrogen-bond donors (Lipinski definition) is 1. The van der Waals surface area contributed by atoms with Crippen LogP contribution in [0.25, 0.3) is 0 Å². The fraction of sp³-hybridized carbons (Fsp3) is 0.500. The molecule has 1 aromatic rings. The van der Waals surface area contributed by atoms with Crippen molar-refractivity contribution in [1.82, 2.24) is 9.62 Å². The molecule has 0 spiro atoms. The molecule has 0 saturated carbocycles. The van der Waals surface area contributed by atoms with Gasteiger partial charge in [-0.2, -0.15) is 0 Å². The lowest BCUT2D eigenvalue weighted by Crippen LogP contribution is -2.36. The minimum Gasteiger partial charge on any atom is -0.348 e. The van der Waals surface area contributed by atoms with Crippen molar-refractivity contribution in [2.24, 2.45) is 0 Å². The third-order valence-corrected chi connectivity index (χ3v) is 4.36. The normalized spacial score (nSPS) is 12.2. The van der Waals surface area contributed by atoms with Crippen LogP contribution in [0, 0.1) is 0 Å². The molecule has 1 aromatic carbocycles. The number of hydrogen-bond acceptors (Lipinski definition) is 3. The van der Waals surface area contributed by atoms with Gasteiger partial charge in [-0.05, 0) is 23.1 Å². The zero-order valence-corrected chi connectivity index (χ0v) is 13.4. The molecule has 1 N–H and O–H groups in total. The molecule has 0 bridgehead atoms. The van der Waals surface area contributed by atoms with Crippen LogP contribution in [0.15, 0.2) is 29.2 Å². The van der Waals surface area contributed by atoms with Gasteiger partial charge < -0.3 is 4.90 Å². The van der Waals surface area contributed by atoms with E-state index in [0.717, 1.165) is 5.56 Å². The Balaban J connectivity index is 2.86. The Morgan fingerprint density at radius 1 is 1.15 bits per heavy atom. The second kappa shape index (κ2) is 5.93. The molecule has 5 nitrogen and oxygen atoms in total. The predicted molar refractivity (Wildman–Crippen MR) is 79.0 cm³/mol. The third-order valence-electron chi connectivity index (χ3n) is 2.94. The molecule has 0 aliphatic heterocycles. The van der Waals surface area contributed by atoms with Crippen molar-refractivity contribution in [3.8, 4) is 0 Å². The van der Waals surface area contributed by atoms with E-state index in [9.17, 15) is 13.2 Å². The van der Waals surface area contributed by atoms with Gasteiger partial charge in [0.15, 0.2) is 0 Å². The average molecular weight is 298 g/mol. The average Bonchev–Trinajstić information content (AvgIpc) is 2.35. The molecule has 0 atom stereocenters. The van der Waals surface area contributed by atoms with E-state index >= 15 is 0 Å². The first kappa shape index (κ1) is 16.7. The van der Waals surface area contributed by atoms with Gasteiger partial charge in [-0.1, -0.05) is 32.9 Å². The number of likely N-dealkylation sites (N-methyl/N-ethyl adjacent to an activating group) is 1. The van der Waals surface area contributed by atoms with Crippen molar-refractivity contribution in [3.63, 3.8) is 0 Å². The van der Waals surface area contributed by atoms with Crippen LogP contribution in [0.5, 0.6) is 0 Å². The van der Waals surface area contributed by atoms with Crippen molar-refractivity contribution in [2.75, 3.05) is 20.6 Å². The SMILES string of the molecule is CN(C)C(=O)CNS(=O)(=O)c1ccc(C(C)(C)C)cc1. The van der Waals surface area contributed by atoms with Crippen LogP contribution >= 0.6 is 0 Å². The minimum atomic E-state index is -3.65. The Morgan fingerprint density at radius 3 is 2.05 bits per heavy atom. The van der Waals surface area contributed by atoms with Crippen LogP contribution in [-0.2, 0) is 20.2 Å². The van der Waals surface area contributed by atoms with Gasteiger partial charge >= 0.3 is 0 Å². The molecule has 6 heteroatoms. The summed E-state index contributed by atoms with van der Waals surface area (Å²) >= 11 is 0. The molecule has 1 rings (SSSR count). The zero-order chi connectivity index (χ0) is 15.6. The van der Waals surface area contributed by atoms with Gasteiger partial charge in [0.2, 0.25) is 15.9 Å². The summed E-state index contributed by atoms with van der Waals surface area (Å²) < 4.78 is 26.4. The lowest BCUT2D eigenvalue weighted by Gasteiger charge is -2.19. The first-order chi connectivity index (χ1) is 9.04. The van der Waals surface area contributed by atoms with Gasteiger partial charge in [-0.3, -0.25) is 4.79 Å². The Kier molecular flexibility index (Phi) is 4.94. The molecule has 112 valence electrons. The number of nitrogens with zero attached hydrogens (tertiary/aromatic N) is 1. The maximum atomic E-state index is 12.0. The molecule has 0 unspecified atom stereocenters. The Hall–Kier alpha value is -1.40. The molecule has 0 aliphatic carbocycles. The highest BCUT2D eigenvalue weighted by Crippen LogP contribution is 2.23. The zero-order valence-electron chi connectivity index (χ0n) is 12.6. The molecule has 1 amide bonds. The van der Waals surface area contributed by atoms with Crippen molar-refractivity contribution < 1.29 is 13.2 Å². The van der Waals surface area contributed by atoms with Crippen LogP contribution in [0.4, 0.5) is 0 Å². The molecule has 0 aromatic heterocycles. The van der Waals surface area contributed by atoms with E-state index in [4.69, 9.17) is 0 Å². The second-order valence-corrected chi connectivity index (χ2v) is 7.65. The fourth-order valence-electron chi connectivity index (χ4n) is 1.53. The van der Waals surface area contributed by atoms with Crippen molar-refractivity contribution in [3.05, 3.63) is 29.8 Å². The Labute approximate surface area is 121 Å². The van der Waals surface area contributed by atoms with Crippen molar-refractivity contribution in [2.45, 2.75) is 31.1 Å². The summed E-state index contributed by atoms with van der Waals surface area (Å²) in [6.07, 6.45) is 0. The highest BCUT2D eigenvalue weighted by atomic mass is 32.2. The number of sulfonamides is 1. The highest BCUT2D eigenvalue weighted by molar-refractivity contribution is 7.89. The number of rotatable bonds is 4. The molecular weight excluding hydrogens is 276 g/mol. The highest BCUT2D eigenvalue weighted by Gasteiger charge is 2.18. The van der Waals surface area contributed by atoms with Gasteiger partial charge in [-0.15, -0.1) is 0 Å². The topological polar surface area (TPSA) is 66.5 Å². The Morgan fingerprint density at radius 2 is 1.65 bits per heavy atom. The first-order valence-electron chi connectivity index (χ1n) is 6.34. The quantitative estimate of drug-likeness (QED) is 0.912. The minimum absolute atomic E-state index is 0.0311. The summed E-state index contributed by atoms with van der Waals surface area (Å²) in [6, 6.07) is 6.71. The molecule has 0 fully saturated rings. The number of amides is 1. The maximum absolute atomic E-state index is 12.0. The maximum Gasteiger partial charge on any atom is 0.241 e. The van der Waals surface area contributed by atoms with E-state index in [1.165, 1.54) is 4.90 Å². The van der Waals surface area contributed by atoms with Crippen molar-refractivity contribution >= 4 is 15.9 Å². The van der Waals surface area contributed by atoms with E-state index in [-0.39, 0.29) is 22.8 Å².